The third-order valence-electron chi connectivity index (χ3n) is 3.07. The van der Waals surface area contributed by atoms with Gasteiger partial charge in [0, 0.05) is 23.6 Å². The number of amides is 1. The number of thioether (sulfide) groups is 1. The molecular weight excluding hydrogens is 301 g/mol. The average Bonchev–Trinajstić information content (AvgIpc) is 2.55. The number of carbonyl (C=O) groups excluding carboxylic acids is 1. The van der Waals surface area contributed by atoms with Crippen molar-refractivity contribution < 1.29 is 13.9 Å². The first kappa shape index (κ1) is 16.4. The van der Waals surface area contributed by atoms with Gasteiger partial charge in [-0.25, -0.2) is 4.39 Å². The van der Waals surface area contributed by atoms with Crippen LogP contribution in [0, 0.1) is 5.82 Å². The Labute approximate surface area is 133 Å². The van der Waals surface area contributed by atoms with Crippen molar-refractivity contribution in [2.75, 3.05) is 12.9 Å². The van der Waals surface area contributed by atoms with Crippen LogP contribution in [-0.4, -0.2) is 18.8 Å². The van der Waals surface area contributed by atoms with E-state index in [1.807, 2.05) is 24.3 Å². The lowest BCUT2D eigenvalue weighted by molar-refractivity contribution is -0.120. The van der Waals surface area contributed by atoms with E-state index >= 15 is 0 Å². The fraction of sp³-hybridized carbons (Fsp3) is 0.235. The maximum Gasteiger partial charge on any atom is 0.221 e. The lowest BCUT2D eigenvalue weighted by Crippen LogP contribution is -2.22. The van der Waals surface area contributed by atoms with Crippen LogP contribution in [0.3, 0.4) is 0 Å². The summed E-state index contributed by atoms with van der Waals surface area (Å²) >= 11 is 1.35. The van der Waals surface area contributed by atoms with Crippen molar-refractivity contribution in [2.45, 2.75) is 17.9 Å². The predicted molar refractivity (Wildman–Crippen MR) is 86.6 cm³/mol. The quantitative estimate of drug-likeness (QED) is 0.792. The van der Waals surface area contributed by atoms with Crippen LogP contribution in [0.1, 0.15) is 12.0 Å². The average molecular weight is 319 g/mol. The van der Waals surface area contributed by atoms with Crippen molar-refractivity contribution in [2.24, 2.45) is 0 Å². The van der Waals surface area contributed by atoms with Gasteiger partial charge in [-0.1, -0.05) is 24.3 Å². The van der Waals surface area contributed by atoms with E-state index in [1.165, 1.54) is 17.8 Å². The Bertz CT molecular complexity index is 616. The van der Waals surface area contributed by atoms with Crippen LogP contribution in [-0.2, 0) is 11.3 Å². The zero-order chi connectivity index (χ0) is 15.8. The van der Waals surface area contributed by atoms with E-state index in [9.17, 15) is 9.18 Å². The Morgan fingerprint density at radius 2 is 1.91 bits per heavy atom. The van der Waals surface area contributed by atoms with E-state index in [0.717, 1.165) is 11.3 Å². The predicted octanol–water partition coefficient (Wildman–Crippen LogP) is 3.63. The fourth-order valence-electron chi connectivity index (χ4n) is 1.85. The smallest absolute Gasteiger partial charge is 0.221 e. The van der Waals surface area contributed by atoms with Crippen molar-refractivity contribution in [3.8, 4) is 5.75 Å². The summed E-state index contributed by atoms with van der Waals surface area (Å²) in [4.78, 5) is 12.3. The number of rotatable bonds is 7. The topological polar surface area (TPSA) is 38.3 Å². The van der Waals surface area contributed by atoms with Crippen LogP contribution in [0.5, 0.6) is 5.75 Å². The Kier molecular flexibility index (Phi) is 6.27. The highest BCUT2D eigenvalue weighted by Gasteiger charge is 2.05. The van der Waals surface area contributed by atoms with Crippen molar-refractivity contribution >= 4 is 17.7 Å². The molecule has 2 aromatic carbocycles. The minimum absolute atomic E-state index is 0.0420. The maximum atomic E-state index is 13.4. The molecule has 2 rings (SSSR count). The first-order valence-electron chi connectivity index (χ1n) is 6.96. The maximum absolute atomic E-state index is 13.4. The van der Waals surface area contributed by atoms with Crippen LogP contribution < -0.4 is 10.1 Å². The summed E-state index contributed by atoms with van der Waals surface area (Å²) in [7, 11) is 1.62. The summed E-state index contributed by atoms with van der Waals surface area (Å²) in [6.07, 6.45) is 0.356. The van der Waals surface area contributed by atoms with E-state index in [2.05, 4.69) is 5.32 Å². The summed E-state index contributed by atoms with van der Waals surface area (Å²) in [5, 5.41) is 2.85. The standard InChI is InChI=1S/C17H18FNO2S/c1-21-14-8-6-13(7-9-14)12-19-17(20)10-11-22-16-5-3-2-4-15(16)18/h2-9H,10-12H2,1H3,(H,19,20). The van der Waals surface area contributed by atoms with Gasteiger partial charge in [0.2, 0.25) is 5.91 Å². The number of hydrogen-bond donors (Lipinski definition) is 1. The van der Waals surface area contributed by atoms with Crippen LogP contribution in [0.4, 0.5) is 4.39 Å². The van der Waals surface area contributed by atoms with Gasteiger partial charge in [0.25, 0.3) is 0 Å². The molecule has 1 amide bonds. The molecule has 0 aliphatic rings. The van der Waals surface area contributed by atoms with Gasteiger partial charge in [-0.2, -0.15) is 0 Å². The van der Waals surface area contributed by atoms with Gasteiger partial charge in [-0.3, -0.25) is 4.79 Å². The lowest BCUT2D eigenvalue weighted by atomic mass is 10.2. The first-order valence-corrected chi connectivity index (χ1v) is 7.94. The van der Waals surface area contributed by atoms with E-state index in [4.69, 9.17) is 4.74 Å². The highest BCUT2D eigenvalue weighted by molar-refractivity contribution is 7.99. The van der Waals surface area contributed by atoms with Gasteiger partial charge in [0.1, 0.15) is 11.6 Å². The second-order valence-corrected chi connectivity index (χ2v) is 5.79. The highest BCUT2D eigenvalue weighted by atomic mass is 32.2. The minimum Gasteiger partial charge on any atom is -0.497 e. The number of ether oxygens (including phenoxy) is 1. The molecule has 1 N–H and O–H groups in total. The third-order valence-corrected chi connectivity index (χ3v) is 4.12. The normalized spacial score (nSPS) is 10.3. The van der Waals surface area contributed by atoms with Crippen molar-refractivity contribution in [1.82, 2.24) is 5.32 Å². The van der Waals surface area contributed by atoms with E-state index in [-0.39, 0.29) is 11.7 Å². The van der Waals surface area contributed by atoms with Gasteiger partial charge in [-0.15, -0.1) is 11.8 Å². The molecule has 5 heteroatoms. The minimum atomic E-state index is -0.244. The molecule has 22 heavy (non-hydrogen) atoms. The summed E-state index contributed by atoms with van der Waals surface area (Å²) < 4.78 is 18.5. The van der Waals surface area contributed by atoms with E-state index in [1.54, 1.807) is 25.3 Å². The Morgan fingerprint density at radius 1 is 1.18 bits per heavy atom. The fourth-order valence-corrected chi connectivity index (χ4v) is 2.74. The second kappa shape index (κ2) is 8.44. The van der Waals surface area contributed by atoms with Crippen LogP contribution in [0.2, 0.25) is 0 Å². The molecule has 0 aliphatic carbocycles. The molecule has 0 saturated heterocycles. The van der Waals surface area contributed by atoms with Gasteiger partial charge in [0.05, 0.1) is 7.11 Å². The molecule has 0 aromatic heterocycles. The second-order valence-electron chi connectivity index (χ2n) is 4.65. The molecule has 0 spiro atoms. The Hall–Kier alpha value is -2.01. The molecule has 116 valence electrons. The zero-order valence-electron chi connectivity index (χ0n) is 12.3. The van der Waals surface area contributed by atoms with Gasteiger partial charge in [-0.05, 0) is 29.8 Å². The molecule has 3 nitrogen and oxygen atoms in total. The summed E-state index contributed by atoms with van der Waals surface area (Å²) in [6, 6.07) is 14.1. The number of benzene rings is 2. The van der Waals surface area contributed by atoms with Crippen LogP contribution >= 0.6 is 11.8 Å². The SMILES string of the molecule is COc1ccc(CNC(=O)CCSc2ccccc2F)cc1. The molecule has 0 unspecified atom stereocenters. The van der Waals surface area contributed by atoms with Gasteiger partial charge in [0.15, 0.2) is 0 Å². The number of hydrogen-bond acceptors (Lipinski definition) is 3. The molecular formula is C17H18FNO2S. The Balaban J connectivity index is 1.70. The lowest BCUT2D eigenvalue weighted by Gasteiger charge is -2.07. The molecule has 0 saturated carbocycles. The largest absolute Gasteiger partial charge is 0.497 e. The highest BCUT2D eigenvalue weighted by Crippen LogP contribution is 2.21. The van der Waals surface area contributed by atoms with Crippen LogP contribution in [0.25, 0.3) is 0 Å². The molecule has 2 aromatic rings. The zero-order valence-corrected chi connectivity index (χ0v) is 13.2. The molecule has 0 fully saturated rings. The number of nitrogens with one attached hydrogen (secondary N) is 1. The molecule has 0 heterocycles. The van der Waals surface area contributed by atoms with E-state index < -0.39 is 0 Å². The number of halogens is 1. The summed E-state index contributed by atoms with van der Waals surface area (Å²) in [5.74, 6) is 1.05. The van der Waals surface area contributed by atoms with Crippen molar-refractivity contribution in [1.29, 1.82) is 0 Å². The van der Waals surface area contributed by atoms with E-state index in [0.29, 0.717) is 23.6 Å². The number of methoxy groups -OCH3 is 1. The molecule has 0 radical (unpaired) electrons. The summed E-state index contributed by atoms with van der Waals surface area (Å²) in [5.41, 5.74) is 1.01. The first-order chi connectivity index (χ1) is 10.7. The van der Waals surface area contributed by atoms with Crippen molar-refractivity contribution in [3.63, 3.8) is 0 Å². The molecule has 0 atom stereocenters. The third kappa shape index (κ3) is 5.07. The Morgan fingerprint density at radius 3 is 2.59 bits per heavy atom. The monoisotopic (exact) mass is 319 g/mol. The summed E-state index contributed by atoms with van der Waals surface area (Å²) in [6.45, 7) is 0.479. The molecule has 0 aliphatic heterocycles. The molecule has 0 bridgehead atoms. The number of carbonyl (C=O) groups is 1. The van der Waals surface area contributed by atoms with Gasteiger partial charge >= 0.3 is 0 Å². The van der Waals surface area contributed by atoms with Crippen LogP contribution in [0.15, 0.2) is 53.4 Å². The van der Waals surface area contributed by atoms with Gasteiger partial charge < -0.3 is 10.1 Å². The van der Waals surface area contributed by atoms with Crippen molar-refractivity contribution in [3.05, 3.63) is 59.9 Å².